The van der Waals surface area contributed by atoms with Crippen LogP contribution in [0.5, 0.6) is 0 Å². The van der Waals surface area contributed by atoms with Gasteiger partial charge in [-0.15, -0.1) is 0 Å². The molecule has 2 nitrogen and oxygen atoms in total. The molecule has 8 heavy (non-hydrogen) atoms. The van der Waals surface area contributed by atoms with E-state index < -0.39 is 0 Å². The Morgan fingerprint density at radius 1 is 1.50 bits per heavy atom. The van der Waals surface area contributed by atoms with E-state index in [2.05, 4.69) is 6.92 Å². The van der Waals surface area contributed by atoms with Crippen LogP contribution in [0, 0.1) is 0 Å². The molecule has 0 aromatic heterocycles. The van der Waals surface area contributed by atoms with E-state index in [-0.39, 0.29) is 0 Å². The monoisotopic (exact) mass is 115 g/mol. The van der Waals surface area contributed by atoms with Crippen LogP contribution < -0.4 is 5.73 Å². The molecule has 0 rings (SSSR count). The maximum Gasteiger partial charge on any atom is 0.0612 e. The highest BCUT2D eigenvalue weighted by atomic mass is 15.1. The van der Waals surface area contributed by atoms with Gasteiger partial charge in [-0.3, -0.25) is 4.90 Å². The largest absolute Gasteiger partial charge is 0.293 e. The topological polar surface area (TPSA) is 27.0 Å². The second-order valence-corrected chi connectivity index (χ2v) is 2.09. The number of unbranched alkanes of at least 4 members (excludes halogenated alkanes) is 1. The van der Waals surface area contributed by atoms with Gasteiger partial charge in [-0.05, 0) is 20.0 Å². The van der Waals surface area contributed by atoms with Gasteiger partial charge >= 0.3 is 0 Å². The van der Waals surface area contributed by atoms with Crippen LogP contribution in [0.4, 0.5) is 0 Å². The van der Waals surface area contributed by atoms with Crippen LogP contribution in [-0.4, -0.2) is 25.2 Å². The second-order valence-electron chi connectivity index (χ2n) is 2.09. The number of nitrogens with one attached hydrogen (secondary N) is 1. The van der Waals surface area contributed by atoms with Crippen LogP contribution in [0.25, 0.3) is 0 Å². The Bertz CT molecular complexity index is 45.8. The highest BCUT2D eigenvalue weighted by molar-refractivity contribution is 4.43. The van der Waals surface area contributed by atoms with Crippen molar-refractivity contribution in [3.05, 3.63) is 0 Å². The number of rotatable bonds is 4. The molecule has 0 atom stereocenters. The van der Waals surface area contributed by atoms with Crippen LogP contribution >= 0.6 is 0 Å². The first kappa shape index (κ1) is 7.92. The highest BCUT2D eigenvalue weighted by Crippen LogP contribution is 1.88. The third-order valence-electron chi connectivity index (χ3n) is 1.16. The fourth-order valence-corrected chi connectivity index (χ4v) is 0.507. The SMILES string of the molecule is CCCCN(C)C[NH]. The van der Waals surface area contributed by atoms with Crippen LogP contribution in [-0.2, 0) is 0 Å². The van der Waals surface area contributed by atoms with E-state index in [1.54, 1.807) is 0 Å². The lowest BCUT2D eigenvalue weighted by molar-refractivity contribution is 0.333. The van der Waals surface area contributed by atoms with E-state index in [0.29, 0.717) is 6.67 Å². The lowest BCUT2D eigenvalue weighted by Crippen LogP contribution is -2.21. The van der Waals surface area contributed by atoms with Crippen molar-refractivity contribution < 1.29 is 0 Å². The standard InChI is InChI=1S/C6H15N2/c1-3-4-5-8(2)6-7/h7H,3-6H2,1-2H3. The maximum absolute atomic E-state index is 6.91. The van der Waals surface area contributed by atoms with Crippen LogP contribution in [0.15, 0.2) is 0 Å². The average molecular weight is 115 g/mol. The van der Waals surface area contributed by atoms with Crippen molar-refractivity contribution >= 4 is 0 Å². The van der Waals surface area contributed by atoms with Gasteiger partial charge in [-0.2, -0.15) is 0 Å². The molecule has 1 radical (unpaired) electrons. The van der Waals surface area contributed by atoms with Crippen LogP contribution in [0.1, 0.15) is 19.8 Å². The van der Waals surface area contributed by atoms with E-state index in [9.17, 15) is 0 Å². The summed E-state index contributed by atoms with van der Waals surface area (Å²) >= 11 is 0. The Morgan fingerprint density at radius 3 is 2.50 bits per heavy atom. The Labute approximate surface area is 51.7 Å². The van der Waals surface area contributed by atoms with Crippen molar-refractivity contribution in [3.63, 3.8) is 0 Å². The van der Waals surface area contributed by atoms with E-state index >= 15 is 0 Å². The van der Waals surface area contributed by atoms with Crippen molar-refractivity contribution in [2.24, 2.45) is 0 Å². The minimum atomic E-state index is 0.431. The summed E-state index contributed by atoms with van der Waals surface area (Å²) in [6.45, 7) is 3.66. The molecule has 0 bridgehead atoms. The molecule has 0 saturated carbocycles. The quantitative estimate of drug-likeness (QED) is 0.536. The summed E-state index contributed by atoms with van der Waals surface area (Å²) in [6, 6.07) is 0. The molecule has 0 unspecified atom stereocenters. The molecule has 0 spiro atoms. The molecule has 49 valence electrons. The van der Waals surface area contributed by atoms with Gasteiger partial charge in [0.15, 0.2) is 0 Å². The van der Waals surface area contributed by atoms with E-state index in [4.69, 9.17) is 5.73 Å². The van der Waals surface area contributed by atoms with Crippen molar-refractivity contribution in [3.8, 4) is 0 Å². The molecular weight excluding hydrogens is 100 g/mol. The minimum Gasteiger partial charge on any atom is -0.293 e. The molecule has 0 aromatic rings. The van der Waals surface area contributed by atoms with E-state index in [0.717, 1.165) is 6.54 Å². The van der Waals surface area contributed by atoms with Crippen LogP contribution in [0.2, 0.25) is 0 Å². The van der Waals surface area contributed by atoms with E-state index in [1.165, 1.54) is 12.8 Å². The molecule has 0 heterocycles. The molecule has 0 amide bonds. The molecular formula is C6H15N2. The summed E-state index contributed by atoms with van der Waals surface area (Å²) < 4.78 is 0. The highest BCUT2D eigenvalue weighted by Gasteiger charge is 1.90. The first-order valence-electron chi connectivity index (χ1n) is 3.14. The zero-order chi connectivity index (χ0) is 6.41. The summed E-state index contributed by atoms with van der Waals surface area (Å²) in [7, 11) is 1.97. The molecule has 0 aromatic carbocycles. The van der Waals surface area contributed by atoms with Gasteiger partial charge < -0.3 is 0 Å². The molecule has 0 fully saturated rings. The summed E-state index contributed by atoms with van der Waals surface area (Å²) in [5.41, 5.74) is 6.91. The Hall–Kier alpha value is -0.0800. The zero-order valence-electron chi connectivity index (χ0n) is 5.78. The van der Waals surface area contributed by atoms with Crippen molar-refractivity contribution in [1.82, 2.24) is 10.6 Å². The molecule has 0 aliphatic rings. The third-order valence-corrected chi connectivity index (χ3v) is 1.16. The molecule has 0 aliphatic carbocycles. The number of hydrogen-bond donors (Lipinski definition) is 0. The lowest BCUT2D eigenvalue weighted by atomic mass is 10.3. The summed E-state index contributed by atoms with van der Waals surface area (Å²) in [5, 5.41) is 0. The van der Waals surface area contributed by atoms with Crippen molar-refractivity contribution in [2.75, 3.05) is 20.3 Å². The molecule has 1 N–H and O–H groups in total. The Balaban J connectivity index is 2.86. The molecule has 0 saturated heterocycles. The predicted molar refractivity (Wildman–Crippen MR) is 35.5 cm³/mol. The zero-order valence-corrected chi connectivity index (χ0v) is 5.78. The van der Waals surface area contributed by atoms with Crippen molar-refractivity contribution in [1.29, 1.82) is 0 Å². The van der Waals surface area contributed by atoms with Crippen LogP contribution in [0.3, 0.4) is 0 Å². The summed E-state index contributed by atoms with van der Waals surface area (Å²) in [4.78, 5) is 2.00. The lowest BCUT2D eigenvalue weighted by Gasteiger charge is -2.10. The summed E-state index contributed by atoms with van der Waals surface area (Å²) in [5.74, 6) is 0. The summed E-state index contributed by atoms with van der Waals surface area (Å²) in [6.07, 6.45) is 2.44. The number of nitrogens with zero attached hydrogens (tertiary/aromatic N) is 1. The van der Waals surface area contributed by atoms with Gasteiger partial charge in [-0.25, -0.2) is 5.73 Å². The van der Waals surface area contributed by atoms with Crippen molar-refractivity contribution in [2.45, 2.75) is 19.8 Å². The smallest absolute Gasteiger partial charge is 0.0612 e. The van der Waals surface area contributed by atoms with Gasteiger partial charge in [0, 0.05) is 0 Å². The second kappa shape index (κ2) is 5.06. The van der Waals surface area contributed by atoms with Gasteiger partial charge in [0.1, 0.15) is 0 Å². The van der Waals surface area contributed by atoms with Gasteiger partial charge in [0.05, 0.1) is 6.67 Å². The normalized spacial score (nSPS) is 10.5. The number of hydrogen-bond acceptors (Lipinski definition) is 1. The Kier molecular flexibility index (Phi) is 5.01. The molecule has 0 aliphatic heterocycles. The first-order valence-corrected chi connectivity index (χ1v) is 3.14. The predicted octanol–water partition coefficient (Wildman–Crippen LogP) is 0.959. The van der Waals surface area contributed by atoms with Gasteiger partial charge in [0.2, 0.25) is 0 Å². The molecule has 2 heteroatoms. The fraction of sp³-hybridized carbons (Fsp3) is 1.00. The van der Waals surface area contributed by atoms with E-state index in [1.807, 2.05) is 11.9 Å². The average Bonchev–Trinajstić information content (AvgIpc) is 1.83. The van der Waals surface area contributed by atoms with Gasteiger partial charge in [0.25, 0.3) is 0 Å². The maximum atomic E-state index is 6.91. The third kappa shape index (κ3) is 4.09. The van der Waals surface area contributed by atoms with Gasteiger partial charge in [-0.1, -0.05) is 13.3 Å². The first-order chi connectivity index (χ1) is 3.81. The fourth-order valence-electron chi connectivity index (χ4n) is 0.507. The minimum absolute atomic E-state index is 0.431. The Morgan fingerprint density at radius 2 is 2.12 bits per heavy atom.